The first-order valence-corrected chi connectivity index (χ1v) is 39.8. The van der Waals surface area contributed by atoms with E-state index < -0.39 is 0 Å². The maximum atomic E-state index is 12.5. The number of benzene rings is 8. The van der Waals surface area contributed by atoms with Crippen molar-refractivity contribution in [3.05, 3.63) is 219 Å². The number of fused-ring (bicyclic) bond motifs is 7. The Morgan fingerprint density at radius 1 is 0.313 bits per heavy atom. The van der Waals surface area contributed by atoms with Crippen molar-refractivity contribution < 1.29 is 14.0 Å². The number of amides is 2. The first-order valence-electron chi connectivity index (χ1n) is 35.8. The second kappa shape index (κ2) is 45.6. The Balaban J connectivity index is 0.000000413. The summed E-state index contributed by atoms with van der Waals surface area (Å²) in [6, 6.07) is 54.9. The summed E-state index contributed by atoms with van der Waals surface area (Å²) < 4.78 is 12.3. The predicted octanol–water partition coefficient (Wildman–Crippen LogP) is 29.7. The summed E-state index contributed by atoms with van der Waals surface area (Å²) in [4.78, 5) is 46.6. The highest BCUT2D eigenvalue weighted by molar-refractivity contribution is 7.28. The van der Waals surface area contributed by atoms with Crippen molar-refractivity contribution in [2.45, 2.75) is 194 Å². The number of para-hydroxylation sites is 3. The minimum Gasteiger partial charge on any atom is -0.454 e. The fraction of sp³-hybridized carbons (Fsp3) is 0.326. The maximum Gasteiger partial charge on any atom is 0.266 e. The summed E-state index contributed by atoms with van der Waals surface area (Å²) >= 11 is 8.79. The van der Waals surface area contributed by atoms with E-state index in [9.17, 15) is 9.59 Å². The molecule has 15 rings (SSSR count). The lowest BCUT2D eigenvalue weighted by Gasteiger charge is -2.13. The van der Waals surface area contributed by atoms with Gasteiger partial charge in [-0.1, -0.05) is 254 Å². The van der Waals surface area contributed by atoms with Crippen molar-refractivity contribution in [2.24, 2.45) is 0 Å². The molecule has 1 aliphatic heterocycles. The van der Waals surface area contributed by atoms with Crippen LogP contribution in [0.5, 0.6) is 0 Å². The molecule has 1 aliphatic rings. The molecule has 0 fully saturated rings. The number of carbonyl (C=O) groups is 2. The van der Waals surface area contributed by atoms with Gasteiger partial charge in [0.05, 0.1) is 62.6 Å². The molecule has 14 aromatic rings. The van der Waals surface area contributed by atoms with Gasteiger partial charge in [0.15, 0.2) is 20.8 Å². The molecule has 0 radical (unpaired) electrons. The lowest BCUT2D eigenvalue weighted by atomic mass is 9.99. The third-order valence-electron chi connectivity index (χ3n) is 14.0. The molecule has 0 saturated heterocycles. The molecule has 528 valence electrons. The number of furan rings is 1. The lowest BCUT2D eigenvalue weighted by molar-refractivity contribution is 0.0925. The van der Waals surface area contributed by atoms with Crippen LogP contribution in [0.15, 0.2) is 168 Å². The zero-order chi connectivity index (χ0) is 74.6. The van der Waals surface area contributed by atoms with Gasteiger partial charge in [-0.15, -0.1) is 56.7 Å². The van der Waals surface area contributed by atoms with Gasteiger partial charge in [0.2, 0.25) is 0 Å². The van der Waals surface area contributed by atoms with Crippen LogP contribution in [0.4, 0.5) is 5.69 Å². The zero-order valence-electron chi connectivity index (χ0n) is 64.6. The molecule has 2 amide bonds. The third kappa shape index (κ3) is 21.3. The smallest absolute Gasteiger partial charge is 0.266 e. The quantitative estimate of drug-likeness (QED) is 0.162. The minimum atomic E-state index is -0.229. The molecular weight excluding hydrogens is 1310 g/mol. The van der Waals surface area contributed by atoms with Crippen molar-refractivity contribution in [1.29, 1.82) is 0 Å². The van der Waals surface area contributed by atoms with E-state index in [4.69, 9.17) is 24.4 Å². The van der Waals surface area contributed by atoms with Crippen molar-refractivity contribution >= 4 is 136 Å². The van der Waals surface area contributed by atoms with Gasteiger partial charge in [0, 0.05) is 10.1 Å². The molecule has 0 atom stereocenters. The summed E-state index contributed by atoms with van der Waals surface area (Å²) in [6.07, 6.45) is 0. The number of thiazole rings is 4. The largest absolute Gasteiger partial charge is 0.454 e. The SMILES string of the molecule is CC.CC.CC.CC.CC.CC.CC.CC.CC.CC.Cc1ccc(C)c2c1C(=O)N(c1ccccc1)C2=O.Cc1ccc(C)c2sc(-c3cc4ccccc4o3)nc12.Cc1ccc(C)c2sc(-c3cc4ccccc4s3)nc12.Cc1ccc(C)c2sc(-c3nc4ccccc4s3)nc12. The predicted molar refractivity (Wildman–Crippen MR) is 449 cm³/mol. The van der Waals surface area contributed by atoms with Crippen LogP contribution in [0.2, 0.25) is 0 Å². The minimum absolute atomic E-state index is 0.229. The van der Waals surface area contributed by atoms with Crippen LogP contribution in [-0.2, 0) is 0 Å². The molecule has 8 nitrogen and oxygen atoms in total. The number of carbonyl (C=O) groups excluding carboxylic acids is 2. The number of aromatic nitrogens is 4. The Hall–Kier alpha value is -8.04. The summed E-state index contributed by atoms with van der Waals surface area (Å²) in [5.74, 6) is 0.394. The number of hydrogen-bond donors (Lipinski definition) is 0. The van der Waals surface area contributed by atoms with E-state index in [2.05, 4.69) is 139 Å². The van der Waals surface area contributed by atoms with Gasteiger partial charge in [0.1, 0.15) is 10.6 Å². The summed E-state index contributed by atoms with van der Waals surface area (Å²) in [5.41, 5.74) is 16.3. The second-order valence-electron chi connectivity index (χ2n) is 19.7. The molecule has 8 aromatic carbocycles. The van der Waals surface area contributed by atoms with Gasteiger partial charge >= 0.3 is 0 Å². The zero-order valence-corrected chi connectivity index (χ0v) is 68.7. The summed E-state index contributed by atoms with van der Waals surface area (Å²) in [7, 11) is 0. The number of nitrogens with zero attached hydrogens (tertiary/aromatic N) is 5. The van der Waals surface area contributed by atoms with Crippen molar-refractivity contribution in [3.8, 4) is 30.7 Å². The Labute approximate surface area is 614 Å². The van der Waals surface area contributed by atoms with Gasteiger partial charge < -0.3 is 4.42 Å². The Morgan fingerprint density at radius 3 is 1.13 bits per heavy atom. The normalized spacial score (nSPS) is 10.2. The van der Waals surface area contributed by atoms with E-state index in [0.29, 0.717) is 16.8 Å². The first-order chi connectivity index (χ1) is 48.3. The Kier molecular flexibility index (Phi) is 40.1. The van der Waals surface area contributed by atoms with Crippen molar-refractivity contribution in [1.82, 2.24) is 19.9 Å². The van der Waals surface area contributed by atoms with E-state index in [0.717, 1.165) is 70.0 Å². The highest BCUT2D eigenvalue weighted by Gasteiger charge is 2.39. The number of thiophene rings is 1. The van der Waals surface area contributed by atoms with E-state index >= 15 is 0 Å². The molecule has 0 saturated carbocycles. The van der Waals surface area contributed by atoms with Crippen LogP contribution in [0, 0.1) is 55.4 Å². The van der Waals surface area contributed by atoms with Gasteiger partial charge in [-0.2, -0.15) is 0 Å². The van der Waals surface area contributed by atoms with Gasteiger partial charge in [-0.3, -0.25) is 9.59 Å². The molecule has 0 N–H and O–H groups in total. The maximum absolute atomic E-state index is 12.5. The van der Waals surface area contributed by atoms with E-state index in [-0.39, 0.29) is 11.8 Å². The van der Waals surface area contributed by atoms with E-state index in [1.54, 1.807) is 57.5 Å². The highest BCUT2D eigenvalue weighted by atomic mass is 32.1. The molecule has 0 bridgehead atoms. The van der Waals surface area contributed by atoms with Crippen LogP contribution in [0.25, 0.3) is 92.6 Å². The van der Waals surface area contributed by atoms with Gasteiger partial charge in [-0.05, 0) is 154 Å². The molecule has 99 heavy (non-hydrogen) atoms. The summed E-state index contributed by atoms with van der Waals surface area (Å²) in [5, 5.41) is 6.56. The van der Waals surface area contributed by atoms with Crippen LogP contribution >= 0.6 is 56.7 Å². The molecule has 0 aliphatic carbocycles. The van der Waals surface area contributed by atoms with Crippen LogP contribution < -0.4 is 4.90 Å². The number of hydrogen-bond acceptors (Lipinski definition) is 12. The number of aryl methyl sites for hydroxylation is 8. The first kappa shape index (κ1) is 87.0. The molecule has 6 aromatic heterocycles. The topological polar surface area (TPSA) is 102 Å². The van der Waals surface area contributed by atoms with E-state index in [1.807, 2.05) is 218 Å². The molecular formula is C86H111N5O3S5. The monoisotopic (exact) mass is 1420 g/mol. The molecule has 13 heteroatoms. The second-order valence-corrected chi connectivity index (χ2v) is 24.8. The van der Waals surface area contributed by atoms with Crippen LogP contribution in [-0.4, -0.2) is 31.8 Å². The van der Waals surface area contributed by atoms with Gasteiger partial charge in [-0.25, -0.2) is 24.8 Å². The van der Waals surface area contributed by atoms with E-state index in [1.165, 1.54) is 72.0 Å². The molecule has 7 heterocycles. The molecule has 0 spiro atoms. The third-order valence-corrected chi connectivity index (χ3v) is 20.1. The standard InChI is InChI=1S/C17H13NOS.C17H13NS2.C16H12N2S2.C16H13NO2.10C2H6/c2*1-10-7-8-11(2)16-15(10)18-17(20-16)14-9-12-5-3-4-6-13(12)19-14;1-9-7-8-10(2)14-13(9)18-16(20-14)15-17-11-5-3-4-6-12(11)19-15;1-10-8-9-11(2)14-13(10)15(18)17(16(14)19)12-6-4-3-5-7-12;10*1-2/h2*3-9H,1-2H3;3-8H,1-2H3;3-9H,1-2H3;10*1-2H3. The fourth-order valence-electron chi connectivity index (χ4n) is 9.71. The van der Waals surface area contributed by atoms with Crippen LogP contribution in [0.3, 0.4) is 0 Å². The lowest BCUT2D eigenvalue weighted by Crippen LogP contribution is -2.29. The number of imide groups is 1. The average Bonchev–Trinajstić information content (AvgIpc) is 1.62. The van der Waals surface area contributed by atoms with Crippen molar-refractivity contribution in [3.63, 3.8) is 0 Å². The van der Waals surface area contributed by atoms with Crippen LogP contribution in [0.1, 0.15) is 204 Å². The number of rotatable bonds is 4. The fourth-order valence-corrected chi connectivity index (χ4v) is 15.1. The summed E-state index contributed by atoms with van der Waals surface area (Å²) in [6.45, 7) is 56.5. The number of anilines is 1. The Morgan fingerprint density at radius 2 is 0.677 bits per heavy atom. The molecule has 0 unspecified atom stereocenters. The average molecular weight is 1420 g/mol. The van der Waals surface area contributed by atoms with Gasteiger partial charge in [0.25, 0.3) is 11.8 Å². The highest BCUT2D eigenvalue weighted by Crippen LogP contribution is 2.41. The van der Waals surface area contributed by atoms with Crippen molar-refractivity contribution in [2.75, 3.05) is 4.90 Å². The Bertz CT molecular complexity index is 4050.